The van der Waals surface area contributed by atoms with E-state index < -0.39 is 9.84 Å². The third-order valence-electron chi connectivity index (χ3n) is 3.94. The smallest absolute Gasteiger partial charge is 0.152 e. The van der Waals surface area contributed by atoms with E-state index in [0.29, 0.717) is 11.7 Å². The van der Waals surface area contributed by atoms with Crippen LogP contribution in [0, 0.1) is 5.92 Å². The molecule has 0 amide bonds. The van der Waals surface area contributed by atoms with E-state index in [1.165, 1.54) is 12.8 Å². The monoisotopic (exact) mass is 281 g/mol. The molecular formula is C15H23NO2S. The van der Waals surface area contributed by atoms with Gasteiger partial charge in [0.25, 0.3) is 0 Å². The highest BCUT2D eigenvalue weighted by atomic mass is 32.2. The number of sulfone groups is 1. The van der Waals surface area contributed by atoms with Gasteiger partial charge in [0.05, 0.1) is 11.5 Å². The highest BCUT2D eigenvalue weighted by Crippen LogP contribution is 2.27. The Bertz CT molecular complexity index is 478. The molecule has 1 unspecified atom stereocenters. The van der Waals surface area contributed by atoms with Gasteiger partial charge in [-0.25, -0.2) is 8.42 Å². The van der Waals surface area contributed by atoms with Gasteiger partial charge in [-0.3, -0.25) is 0 Å². The number of rotatable bonds is 6. The topological polar surface area (TPSA) is 46.2 Å². The molecule has 0 aliphatic heterocycles. The molecule has 0 aromatic heterocycles. The first kappa shape index (κ1) is 14.5. The predicted molar refractivity (Wildman–Crippen MR) is 78.9 cm³/mol. The summed E-state index contributed by atoms with van der Waals surface area (Å²) >= 11 is 0. The van der Waals surface area contributed by atoms with Crippen LogP contribution >= 0.6 is 0 Å². The van der Waals surface area contributed by atoms with Crippen LogP contribution in [0.4, 0.5) is 0 Å². The van der Waals surface area contributed by atoms with Crippen LogP contribution in [0.3, 0.4) is 0 Å². The Balaban J connectivity index is 2.00. The zero-order valence-electron chi connectivity index (χ0n) is 11.5. The van der Waals surface area contributed by atoms with Gasteiger partial charge in [-0.2, -0.15) is 0 Å². The number of nitrogens with one attached hydrogen (secondary N) is 1. The Morgan fingerprint density at radius 2 is 1.84 bits per heavy atom. The molecule has 0 heterocycles. The van der Waals surface area contributed by atoms with Gasteiger partial charge in [-0.1, -0.05) is 43.2 Å². The summed E-state index contributed by atoms with van der Waals surface area (Å²) in [6.45, 7) is 0. The van der Waals surface area contributed by atoms with Crippen LogP contribution in [0.5, 0.6) is 0 Å². The molecule has 19 heavy (non-hydrogen) atoms. The Kier molecular flexibility index (Phi) is 4.99. The molecule has 0 radical (unpaired) electrons. The molecule has 1 fully saturated rings. The maximum absolute atomic E-state index is 12.3. The van der Waals surface area contributed by atoms with Crippen molar-refractivity contribution in [2.75, 3.05) is 18.6 Å². The molecule has 3 nitrogen and oxygen atoms in total. The van der Waals surface area contributed by atoms with Crippen molar-refractivity contribution >= 4 is 9.84 Å². The van der Waals surface area contributed by atoms with E-state index >= 15 is 0 Å². The lowest BCUT2D eigenvalue weighted by Gasteiger charge is -2.18. The van der Waals surface area contributed by atoms with Gasteiger partial charge in [-0.05, 0) is 31.4 Å². The second kappa shape index (κ2) is 6.53. The highest BCUT2D eigenvalue weighted by Gasteiger charge is 2.25. The van der Waals surface area contributed by atoms with Crippen LogP contribution in [0.25, 0.3) is 0 Å². The first-order valence-corrected chi connectivity index (χ1v) is 8.85. The molecule has 0 spiro atoms. The number of hydrogen-bond donors (Lipinski definition) is 1. The van der Waals surface area contributed by atoms with E-state index in [4.69, 9.17) is 0 Å². The van der Waals surface area contributed by atoms with Crippen LogP contribution in [0.1, 0.15) is 37.3 Å². The third kappa shape index (κ3) is 4.32. The first-order chi connectivity index (χ1) is 9.11. The van der Waals surface area contributed by atoms with Crippen LogP contribution < -0.4 is 5.32 Å². The van der Waals surface area contributed by atoms with Gasteiger partial charge < -0.3 is 5.32 Å². The van der Waals surface area contributed by atoms with Crippen molar-refractivity contribution in [2.24, 2.45) is 5.92 Å². The molecule has 2 rings (SSSR count). The second-order valence-corrected chi connectivity index (χ2v) is 7.63. The van der Waals surface area contributed by atoms with Gasteiger partial charge >= 0.3 is 0 Å². The summed E-state index contributed by atoms with van der Waals surface area (Å²) in [5.41, 5.74) is 1.04. The molecule has 1 aliphatic rings. The van der Waals surface area contributed by atoms with Crippen molar-refractivity contribution in [3.63, 3.8) is 0 Å². The minimum atomic E-state index is -2.99. The molecule has 1 atom stereocenters. The maximum Gasteiger partial charge on any atom is 0.152 e. The van der Waals surface area contributed by atoms with Crippen LogP contribution in [-0.4, -0.2) is 27.0 Å². The average Bonchev–Trinajstić information content (AvgIpc) is 2.89. The average molecular weight is 281 g/mol. The Labute approximate surface area is 116 Å². The standard InChI is InChI=1S/C15H23NO2S/c1-16-15(14-9-3-2-4-10-14)12-19(17,18)11-13-7-5-6-8-13/h2-4,9-10,13,15-16H,5-8,11-12H2,1H3. The molecular weight excluding hydrogens is 258 g/mol. The predicted octanol–water partition coefficient (Wildman–Crippen LogP) is 2.55. The molecule has 0 saturated heterocycles. The van der Waals surface area contributed by atoms with E-state index in [2.05, 4.69) is 5.32 Å². The van der Waals surface area contributed by atoms with Crippen molar-refractivity contribution in [3.05, 3.63) is 35.9 Å². The minimum Gasteiger partial charge on any atom is -0.312 e. The summed E-state index contributed by atoms with van der Waals surface area (Å²) in [6.07, 6.45) is 4.53. The molecule has 1 aromatic rings. The summed E-state index contributed by atoms with van der Waals surface area (Å²) < 4.78 is 24.6. The van der Waals surface area contributed by atoms with E-state index in [0.717, 1.165) is 18.4 Å². The minimum absolute atomic E-state index is 0.104. The lowest BCUT2D eigenvalue weighted by atomic mass is 10.1. The van der Waals surface area contributed by atoms with E-state index in [9.17, 15) is 8.42 Å². The zero-order chi connectivity index (χ0) is 13.7. The molecule has 4 heteroatoms. The molecule has 0 bridgehead atoms. The fraction of sp³-hybridized carbons (Fsp3) is 0.600. The molecule has 1 saturated carbocycles. The van der Waals surface area contributed by atoms with Crippen molar-refractivity contribution in [3.8, 4) is 0 Å². The highest BCUT2D eigenvalue weighted by molar-refractivity contribution is 7.91. The largest absolute Gasteiger partial charge is 0.312 e. The normalized spacial score (nSPS) is 18.6. The summed E-state index contributed by atoms with van der Waals surface area (Å²) in [7, 11) is -1.16. The van der Waals surface area contributed by atoms with E-state index in [1.54, 1.807) is 0 Å². The zero-order valence-corrected chi connectivity index (χ0v) is 12.3. The molecule has 1 aromatic carbocycles. The number of benzene rings is 1. The molecule has 1 aliphatic carbocycles. The first-order valence-electron chi connectivity index (χ1n) is 7.03. The van der Waals surface area contributed by atoms with Gasteiger partial charge in [0.2, 0.25) is 0 Å². The van der Waals surface area contributed by atoms with Gasteiger partial charge in [-0.15, -0.1) is 0 Å². The van der Waals surface area contributed by atoms with E-state index in [-0.39, 0.29) is 11.8 Å². The van der Waals surface area contributed by atoms with Gasteiger partial charge in [0.1, 0.15) is 0 Å². The van der Waals surface area contributed by atoms with Gasteiger partial charge in [0, 0.05) is 6.04 Å². The molecule has 1 N–H and O–H groups in total. The fourth-order valence-electron chi connectivity index (χ4n) is 2.89. The van der Waals surface area contributed by atoms with Crippen LogP contribution in [0.2, 0.25) is 0 Å². The van der Waals surface area contributed by atoms with Crippen molar-refractivity contribution in [1.29, 1.82) is 0 Å². The SMILES string of the molecule is CNC(CS(=O)(=O)CC1CCCC1)c1ccccc1. The summed E-state index contributed by atoms with van der Waals surface area (Å²) in [5.74, 6) is 0.945. The van der Waals surface area contributed by atoms with Crippen LogP contribution in [-0.2, 0) is 9.84 Å². The van der Waals surface area contributed by atoms with Crippen molar-refractivity contribution < 1.29 is 8.42 Å². The van der Waals surface area contributed by atoms with Crippen molar-refractivity contribution in [1.82, 2.24) is 5.32 Å². The summed E-state index contributed by atoms with van der Waals surface area (Å²) in [4.78, 5) is 0. The van der Waals surface area contributed by atoms with E-state index in [1.807, 2.05) is 37.4 Å². The lowest BCUT2D eigenvalue weighted by Crippen LogP contribution is -2.28. The molecule has 106 valence electrons. The Morgan fingerprint density at radius 1 is 1.21 bits per heavy atom. The second-order valence-electron chi connectivity index (χ2n) is 5.48. The summed E-state index contributed by atoms with van der Waals surface area (Å²) in [6, 6.07) is 9.70. The lowest BCUT2D eigenvalue weighted by molar-refractivity contribution is 0.545. The fourth-order valence-corrected chi connectivity index (χ4v) is 4.94. The van der Waals surface area contributed by atoms with Crippen molar-refractivity contribution in [2.45, 2.75) is 31.7 Å². The summed E-state index contributed by atoms with van der Waals surface area (Å²) in [5, 5.41) is 3.12. The third-order valence-corrected chi connectivity index (χ3v) is 5.76. The number of hydrogen-bond acceptors (Lipinski definition) is 3. The maximum atomic E-state index is 12.3. The van der Waals surface area contributed by atoms with Gasteiger partial charge in [0.15, 0.2) is 9.84 Å². The quantitative estimate of drug-likeness (QED) is 0.871. The Hall–Kier alpha value is -0.870. The van der Waals surface area contributed by atoms with Crippen LogP contribution in [0.15, 0.2) is 30.3 Å². The Morgan fingerprint density at radius 3 is 2.42 bits per heavy atom.